The number of sulfonamides is 1. The molecule has 1 N–H and O–H groups in total. The van der Waals surface area contributed by atoms with Crippen LogP contribution in [0, 0.1) is 0 Å². The van der Waals surface area contributed by atoms with Gasteiger partial charge in [-0.1, -0.05) is 29.8 Å². The quantitative estimate of drug-likeness (QED) is 0.749. The molecule has 2 aromatic rings. The molecule has 0 radical (unpaired) electrons. The fourth-order valence-corrected chi connectivity index (χ4v) is 4.94. The zero-order chi connectivity index (χ0) is 19.4. The van der Waals surface area contributed by atoms with Gasteiger partial charge in [0.1, 0.15) is 0 Å². The van der Waals surface area contributed by atoms with Gasteiger partial charge >= 0.3 is 0 Å². The van der Waals surface area contributed by atoms with Crippen molar-refractivity contribution in [2.24, 2.45) is 0 Å². The van der Waals surface area contributed by atoms with Crippen LogP contribution in [0.1, 0.15) is 42.0 Å². The predicted molar refractivity (Wildman–Crippen MR) is 111 cm³/mol. The lowest BCUT2D eigenvalue weighted by atomic mass is 9.92. The minimum atomic E-state index is -3.60. The van der Waals surface area contributed by atoms with Crippen molar-refractivity contribution in [1.82, 2.24) is 9.62 Å². The molecule has 0 aromatic heterocycles. The minimum absolute atomic E-state index is 0.300. The zero-order valence-electron chi connectivity index (χ0n) is 15.9. The molecule has 4 nitrogen and oxygen atoms in total. The highest BCUT2D eigenvalue weighted by atomic mass is 35.5. The van der Waals surface area contributed by atoms with Crippen molar-refractivity contribution in [1.29, 1.82) is 0 Å². The molecule has 0 bridgehead atoms. The van der Waals surface area contributed by atoms with Crippen molar-refractivity contribution in [2.75, 3.05) is 20.6 Å². The van der Waals surface area contributed by atoms with Gasteiger partial charge in [-0.05, 0) is 93.7 Å². The van der Waals surface area contributed by atoms with Gasteiger partial charge in [0.15, 0.2) is 0 Å². The molecule has 1 aliphatic rings. The van der Waals surface area contributed by atoms with E-state index in [1.54, 1.807) is 18.2 Å². The number of benzene rings is 2. The summed E-state index contributed by atoms with van der Waals surface area (Å²) in [5, 5.41) is 0.641. The summed E-state index contributed by atoms with van der Waals surface area (Å²) < 4.78 is 29.0. The fraction of sp³-hybridized carbons (Fsp3) is 0.429. The van der Waals surface area contributed by atoms with E-state index in [0.717, 1.165) is 31.4 Å². The summed E-state index contributed by atoms with van der Waals surface area (Å²) in [7, 11) is 0.365. The van der Waals surface area contributed by atoms with Gasteiger partial charge in [-0.2, -0.15) is 0 Å². The van der Waals surface area contributed by atoms with Gasteiger partial charge in [-0.25, -0.2) is 13.1 Å². The molecule has 0 aliphatic heterocycles. The first-order valence-electron chi connectivity index (χ1n) is 9.39. The van der Waals surface area contributed by atoms with E-state index in [4.69, 9.17) is 11.6 Å². The summed E-state index contributed by atoms with van der Waals surface area (Å²) >= 11 is 5.99. The molecule has 146 valence electrons. The Balaban J connectivity index is 1.85. The smallest absolute Gasteiger partial charge is 0.241 e. The number of halogens is 1. The van der Waals surface area contributed by atoms with Gasteiger partial charge in [-0.15, -0.1) is 0 Å². The molecule has 0 saturated heterocycles. The molecule has 1 unspecified atom stereocenters. The lowest BCUT2D eigenvalue weighted by Gasteiger charge is -2.22. The predicted octanol–water partition coefficient (Wildman–Crippen LogP) is 4.19. The Labute approximate surface area is 167 Å². The minimum Gasteiger partial charge on any atom is -0.309 e. The van der Waals surface area contributed by atoms with Crippen molar-refractivity contribution in [3.63, 3.8) is 0 Å². The molecule has 3 rings (SSSR count). The highest BCUT2D eigenvalue weighted by molar-refractivity contribution is 7.89. The Morgan fingerprint density at radius 2 is 1.70 bits per heavy atom. The van der Waals surface area contributed by atoms with E-state index in [1.807, 2.05) is 38.4 Å². The van der Waals surface area contributed by atoms with E-state index in [0.29, 0.717) is 16.3 Å². The number of rotatable bonds is 7. The maximum atomic E-state index is 13.1. The summed E-state index contributed by atoms with van der Waals surface area (Å²) in [5.41, 5.74) is 3.37. The summed E-state index contributed by atoms with van der Waals surface area (Å²) in [4.78, 5) is 2.41. The van der Waals surface area contributed by atoms with Crippen LogP contribution in [0.3, 0.4) is 0 Å². The van der Waals surface area contributed by atoms with Gasteiger partial charge in [-0.3, -0.25) is 0 Å². The van der Waals surface area contributed by atoms with E-state index in [2.05, 4.69) is 9.62 Å². The molecule has 1 atom stereocenters. The van der Waals surface area contributed by atoms with Gasteiger partial charge in [0, 0.05) is 11.1 Å². The molecular formula is C21H27ClN2O2S. The molecule has 0 saturated carbocycles. The monoisotopic (exact) mass is 406 g/mol. The second kappa shape index (κ2) is 8.74. The maximum Gasteiger partial charge on any atom is 0.241 e. The van der Waals surface area contributed by atoms with Crippen molar-refractivity contribution in [3.05, 3.63) is 64.2 Å². The molecule has 0 heterocycles. The van der Waals surface area contributed by atoms with Gasteiger partial charge < -0.3 is 4.90 Å². The molecule has 0 spiro atoms. The molecular weight excluding hydrogens is 380 g/mol. The maximum absolute atomic E-state index is 13.1. The van der Waals surface area contributed by atoms with Crippen molar-refractivity contribution >= 4 is 21.6 Å². The lowest BCUT2D eigenvalue weighted by molar-refractivity contribution is 0.375. The third-order valence-electron chi connectivity index (χ3n) is 5.07. The van der Waals surface area contributed by atoms with Gasteiger partial charge in [0.05, 0.1) is 4.90 Å². The average Bonchev–Trinajstić information content (AvgIpc) is 2.65. The number of fused-ring (bicyclic) bond motifs is 1. The van der Waals surface area contributed by atoms with E-state index in [9.17, 15) is 8.42 Å². The van der Waals surface area contributed by atoms with Gasteiger partial charge in [0.25, 0.3) is 0 Å². The van der Waals surface area contributed by atoms with Crippen LogP contribution in [-0.4, -0.2) is 34.0 Å². The largest absolute Gasteiger partial charge is 0.309 e. The highest BCUT2D eigenvalue weighted by Gasteiger charge is 2.23. The Morgan fingerprint density at radius 3 is 2.37 bits per heavy atom. The summed E-state index contributed by atoms with van der Waals surface area (Å²) in [6.45, 7) is 0.778. The first-order chi connectivity index (χ1) is 12.8. The molecule has 0 fully saturated rings. The van der Waals surface area contributed by atoms with Crippen LogP contribution in [0.5, 0.6) is 0 Å². The summed E-state index contributed by atoms with van der Waals surface area (Å²) in [6, 6.07) is 12.6. The molecule has 0 amide bonds. The van der Waals surface area contributed by atoms with E-state index >= 15 is 0 Å². The van der Waals surface area contributed by atoms with Crippen LogP contribution in [0.25, 0.3) is 0 Å². The molecule has 1 aliphatic carbocycles. The second-order valence-electron chi connectivity index (χ2n) is 7.45. The highest BCUT2D eigenvalue weighted by Crippen LogP contribution is 2.26. The van der Waals surface area contributed by atoms with Crippen LogP contribution >= 0.6 is 11.6 Å². The Bertz CT molecular complexity index is 880. The number of nitrogens with zero attached hydrogens (tertiary/aromatic N) is 1. The molecule has 27 heavy (non-hydrogen) atoms. The SMILES string of the molecule is CN(C)CCC(NS(=O)(=O)c1ccc2c(c1)CCCC2)c1ccc(Cl)cc1. The summed E-state index contributed by atoms with van der Waals surface area (Å²) in [5.74, 6) is 0. The van der Waals surface area contributed by atoms with Crippen LogP contribution in [0.4, 0.5) is 0 Å². The van der Waals surface area contributed by atoms with Crippen LogP contribution in [-0.2, 0) is 22.9 Å². The Morgan fingerprint density at radius 1 is 1.04 bits per heavy atom. The summed E-state index contributed by atoms with van der Waals surface area (Å²) in [6.07, 6.45) is 4.98. The second-order valence-corrected chi connectivity index (χ2v) is 9.61. The van der Waals surface area contributed by atoms with Crippen molar-refractivity contribution in [2.45, 2.75) is 43.0 Å². The average molecular weight is 407 g/mol. The number of aryl methyl sites for hydroxylation is 2. The number of nitrogens with one attached hydrogen (secondary N) is 1. The Hall–Kier alpha value is -1.40. The third kappa shape index (κ3) is 5.32. The molecule has 2 aromatic carbocycles. The van der Waals surface area contributed by atoms with Crippen LogP contribution in [0.15, 0.2) is 47.4 Å². The number of hydrogen-bond acceptors (Lipinski definition) is 3. The number of hydrogen-bond donors (Lipinski definition) is 1. The third-order valence-corrected chi connectivity index (χ3v) is 6.79. The lowest BCUT2D eigenvalue weighted by Crippen LogP contribution is -2.31. The van der Waals surface area contributed by atoms with Crippen molar-refractivity contribution < 1.29 is 8.42 Å². The van der Waals surface area contributed by atoms with E-state index < -0.39 is 10.0 Å². The molecule has 6 heteroatoms. The topological polar surface area (TPSA) is 49.4 Å². The first kappa shape index (κ1) is 20.3. The standard InChI is InChI=1S/C21H27ClN2O2S/c1-24(2)14-13-21(17-7-10-19(22)11-8-17)23-27(25,26)20-12-9-16-5-3-4-6-18(16)15-20/h7-12,15,21,23H,3-6,13-14H2,1-2H3. The first-order valence-corrected chi connectivity index (χ1v) is 11.3. The van der Waals surface area contributed by atoms with Crippen LogP contribution < -0.4 is 4.72 Å². The zero-order valence-corrected chi connectivity index (χ0v) is 17.5. The van der Waals surface area contributed by atoms with E-state index in [1.165, 1.54) is 17.5 Å². The normalized spacial score (nSPS) is 15.6. The van der Waals surface area contributed by atoms with Crippen molar-refractivity contribution in [3.8, 4) is 0 Å². The van der Waals surface area contributed by atoms with E-state index in [-0.39, 0.29) is 6.04 Å². The fourth-order valence-electron chi connectivity index (χ4n) is 3.51. The Kier molecular flexibility index (Phi) is 6.58. The van der Waals surface area contributed by atoms with Gasteiger partial charge in [0.2, 0.25) is 10.0 Å². The van der Waals surface area contributed by atoms with Crippen LogP contribution in [0.2, 0.25) is 5.02 Å².